The van der Waals surface area contributed by atoms with Crippen LogP contribution in [-0.4, -0.2) is 47.9 Å². The summed E-state index contributed by atoms with van der Waals surface area (Å²) in [5.74, 6) is -0.928. The van der Waals surface area contributed by atoms with Crippen molar-refractivity contribution in [1.82, 2.24) is 4.90 Å². The maximum Gasteiger partial charge on any atom is 0.307 e. The summed E-state index contributed by atoms with van der Waals surface area (Å²) >= 11 is 0. The first-order chi connectivity index (χ1) is 12.7. The monoisotopic (exact) mass is 356 g/mol. The third kappa shape index (κ3) is 5.43. The van der Waals surface area contributed by atoms with Crippen molar-refractivity contribution in [2.45, 2.75) is 38.5 Å². The van der Waals surface area contributed by atoms with Crippen LogP contribution in [0.4, 0.5) is 0 Å². The quantitative estimate of drug-likeness (QED) is 0.622. The van der Waals surface area contributed by atoms with Crippen LogP contribution in [0.15, 0.2) is 41.1 Å². The lowest BCUT2D eigenvalue weighted by atomic mass is 9.91. The van der Waals surface area contributed by atoms with Gasteiger partial charge in [0, 0.05) is 13.1 Å². The molecule has 2 aliphatic rings. The van der Waals surface area contributed by atoms with Crippen molar-refractivity contribution < 1.29 is 14.7 Å². The van der Waals surface area contributed by atoms with Gasteiger partial charge in [-0.05, 0) is 62.3 Å². The van der Waals surface area contributed by atoms with E-state index in [0.29, 0.717) is 13.2 Å². The number of hydrogen-bond acceptors (Lipinski definition) is 4. The van der Waals surface area contributed by atoms with E-state index in [-0.39, 0.29) is 5.92 Å². The third-order valence-electron chi connectivity index (χ3n) is 5.15. The van der Waals surface area contributed by atoms with Gasteiger partial charge >= 0.3 is 5.97 Å². The Morgan fingerprint density at radius 2 is 2.04 bits per heavy atom. The Balaban J connectivity index is 1.52. The summed E-state index contributed by atoms with van der Waals surface area (Å²) in [5.41, 5.74) is 3.53. The normalized spacial score (nSPS) is 24.7. The molecule has 0 unspecified atom stereocenters. The molecular weight excluding hydrogens is 328 g/mol. The third-order valence-corrected chi connectivity index (χ3v) is 5.15. The van der Waals surface area contributed by atoms with Crippen LogP contribution in [0.5, 0.6) is 0 Å². The van der Waals surface area contributed by atoms with E-state index in [9.17, 15) is 4.79 Å². The molecule has 2 fully saturated rings. The van der Waals surface area contributed by atoms with Gasteiger partial charge in [0.05, 0.1) is 11.6 Å². The Kier molecular flexibility index (Phi) is 6.83. The van der Waals surface area contributed by atoms with Gasteiger partial charge in [-0.25, -0.2) is 0 Å². The van der Waals surface area contributed by atoms with Crippen LogP contribution in [-0.2, 0) is 9.63 Å². The maximum atomic E-state index is 11.1. The topological polar surface area (TPSA) is 62.1 Å². The smallest absolute Gasteiger partial charge is 0.307 e. The molecule has 0 bridgehead atoms. The number of oxime groups is 1. The number of carbonyl (C=O) groups is 1. The molecule has 1 N–H and O–H groups in total. The van der Waals surface area contributed by atoms with Crippen LogP contribution >= 0.6 is 0 Å². The van der Waals surface area contributed by atoms with Gasteiger partial charge in [0.15, 0.2) is 0 Å². The minimum absolute atomic E-state index is 0.242. The van der Waals surface area contributed by atoms with Crippen molar-refractivity contribution in [2.75, 3.05) is 26.2 Å². The Hall–Kier alpha value is -2.14. The number of allylic oxidation sites excluding steroid dienone is 1. The minimum atomic E-state index is -0.686. The predicted molar refractivity (Wildman–Crippen MR) is 103 cm³/mol. The van der Waals surface area contributed by atoms with Gasteiger partial charge in [0.1, 0.15) is 6.61 Å². The first-order valence-electron chi connectivity index (χ1n) is 9.62. The van der Waals surface area contributed by atoms with Crippen LogP contribution in [0, 0.1) is 5.92 Å². The van der Waals surface area contributed by atoms with Crippen LogP contribution in [0.3, 0.4) is 0 Å². The summed E-state index contributed by atoms with van der Waals surface area (Å²) < 4.78 is 0. The van der Waals surface area contributed by atoms with Crippen molar-refractivity contribution in [1.29, 1.82) is 0 Å². The van der Waals surface area contributed by atoms with Gasteiger partial charge in [0.25, 0.3) is 0 Å². The molecule has 0 spiro atoms. The molecule has 26 heavy (non-hydrogen) atoms. The molecule has 1 atom stereocenters. The molecule has 3 rings (SSSR count). The standard InChI is InChI=1S/C21H28N2O3/c24-21(25)19-10-6-12-23(16-19)13-14-26-22-20-11-5-4-9-18(20)15-17-7-2-1-3-8-17/h1-3,7-8,15,19H,4-6,9-14,16H2,(H,24,25)/t19-/m1/s1. The zero-order valence-electron chi connectivity index (χ0n) is 15.3. The van der Waals surface area contributed by atoms with E-state index in [4.69, 9.17) is 9.94 Å². The molecule has 5 nitrogen and oxygen atoms in total. The summed E-state index contributed by atoms with van der Waals surface area (Å²) in [7, 11) is 0. The van der Waals surface area contributed by atoms with Gasteiger partial charge < -0.3 is 9.94 Å². The van der Waals surface area contributed by atoms with Gasteiger partial charge in [-0.15, -0.1) is 0 Å². The molecule has 0 amide bonds. The number of benzene rings is 1. The Morgan fingerprint density at radius 3 is 2.85 bits per heavy atom. The summed E-state index contributed by atoms with van der Waals surface area (Å²) in [5, 5.41) is 13.6. The summed E-state index contributed by atoms with van der Waals surface area (Å²) in [6.07, 6.45) is 8.29. The van der Waals surface area contributed by atoms with Gasteiger partial charge in [-0.2, -0.15) is 0 Å². The molecule has 1 saturated heterocycles. The molecule has 0 radical (unpaired) electrons. The second kappa shape index (κ2) is 9.53. The average molecular weight is 356 g/mol. The van der Waals surface area contributed by atoms with E-state index in [2.05, 4.69) is 28.3 Å². The van der Waals surface area contributed by atoms with E-state index in [0.717, 1.165) is 50.9 Å². The number of rotatable bonds is 6. The summed E-state index contributed by atoms with van der Waals surface area (Å²) in [6, 6.07) is 10.3. The Labute approximate surface area is 155 Å². The van der Waals surface area contributed by atoms with Crippen molar-refractivity contribution in [2.24, 2.45) is 11.1 Å². The lowest BCUT2D eigenvalue weighted by Gasteiger charge is -2.30. The molecule has 1 aromatic carbocycles. The first kappa shape index (κ1) is 18.6. The fourth-order valence-electron chi connectivity index (χ4n) is 3.68. The van der Waals surface area contributed by atoms with Crippen LogP contribution < -0.4 is 0 Å². The minimum Gasteiger partial charge on any atom is -0.481 e. The maximum absolute atomic E-state index is 11.1. The Morgan fingerprint density at radius 1 is 1.23 bits per heavy atom. The highest BCUT2D eigenvalue weighted by Crippen LogP contribution is 2.23. The van der Waals surface area contributed by atoms with Crippen LogP contribution in [0.2, 0.25) is 0 Å². The van der Waals surface area contributed by atoms with E-state index >= 15 is 0 Å². The fraction of sp³-hybridized carbons (Fsp3) is 0.524. The van der Waals surface area contributed by atoms with Crippen molar-refractivity contribution in [3.8, 4) is 0 Å². The van der Waals surface area contributed by atoms with Gasteiger partial charge in [-0.3, -0.25) is 9.69 Å². The highest BCUT2D eigenvalue weighted by atomic mass is 16.6. The number of carboxylic acids is 1. The van der Waals surface area contributed by atoms with Gasteiger partial charge in [-0.1, -0.05) is 35.5 Å². The molecular formula is C21H28N2O3. The number of carboxylic acid groups (broad SMARTS) is 1. The molecule has 1 aromatic rings. The first-order valence-corrected chi connectivity index (χ1v) is 9.62. The second-order valence-corrected chi connectivity index (χ2v) is 7.14. The second-order valence-electron chi connectivity index (χ2n) is 7.14. The van der Waals surface area contributed by atoms with Crippen molar-refractivity contribution in [3.63, 3.8) is 0 Å². The fourth-order valence-corrected chi connectivity index (χ4v) is 3.68. The van der Waals surface area contributed by atoms with Crippen molar-refractivity contribution >= 4 is 17.8 Å². The molecule has 1 aliphatic heterocycles. The zero-order chi connectivity index (χ0) is 18.2. The lowest BCUT2D eigenvalue weighted by molar-refractivity contribution is -0.143. The molecule has 1 aliphatic carbocycles. The molecule has 1 saturated carbocycles. The van der Waals surface area contributed by atoms with Gasteiger partial charge in [0.2, 0.25) is 0 Å². The molecule has 5 heteroatoms. The highest BCUT2D eigenvalue weighted by molar-refractivity contribution is 6.03. The number of hydrogen-bond donors (Lipinski definition) is 1. The SMILES string of the molecule is O=C(O)[C@@H]1CCCN(CCON=C2CCCCC2=Cc2ccccc2)C1. The van der Waals surface area contributed by atoms with E-state index in [1.165, 1.54) is 17.6 Å². The molecule has 140 valence electrons. The summed E-state index contributed by atoms with van der Waals surface area (Å²) in [6.45, 7) is 2.81. The lowest BCUT2D eigenvalue weighted by Crippen LogP contribution is -2.40. The largest absolute Gasteiger partial charge is 0.481 e. The number of likely N-dealkylation sites (tertiary alicyclic amines) is 1. The van der Waals surface area contributed by atoms with E-state index in [1.807, 2.05) is 18.2 Å². The van der Waals surface area contributed by atoms with Crippen LogP contribution in [0.1, 0.15) is 44.1 Å². The number of nitrogens with zero attached hydrogens (tertiary/aromatic N) is 2. The highest BCUT2D eigenvalue weighted by Gasteiger charge is 2.25. The average Bonchev–Trinajstić information content (AvgIpc) is 2.67. The molecule has 1 heterocycles. The number of piperidine rings is 1. The van der Waals surface area contributed by atoms with Crippen LogP contribution in [0.25, 0.3) is 6.08 Å². The zero-order valence-corrected chi connectivity index (χ0v) is 15.3. The van der Waals surface area contributed by atoms with E-state index in [1.54, 1.807) is 0 Å². The van der Waals surface area contributed by atoms with Crippen molar-refractivity contribution in [3.05, 3.63) is 41.5 Å². The molecule has 0 aromatic heterocycles. The Bertz CT molecular complexity index is 654. The predicted octanol–water partition coefficient (Wildman–Crippen LogP) is 3.81. The number of aliphatic carboxylic acids is 1. The summed E-state index contributed by atoms with van der Waals surface area (Å²) in [4.78, 5) is 18.9. The van der Waals surface area contributed by atoms with E-state index < -0.39 is 5.97 Å².